The molecule has 1 aromatic carbocycles. The Morgan fingerprint density at radius 2 is 2.35 bits per heavy atom. The van der Waals surface area contributed by atoms with Crippen molar-refractivity contribution in [3.8, 4) is 18.1 Å². The molecule has 0 bridgehead atoms. The summed E-state index contributed by atoms with van der Waals surface area (Å²) in [4.78, 5) is 18.2. The molecule has 2 heterocycles. The van der Waals surface area contributed by atoms with E-state index in [-0.39, 0.29) is 11.8 Å². The van der Waals surface area contributed by atoms with Gasteiger partial charge in [0.25, 0.3) is 0 Å². The van der Waals surface area contributed by atoms with E-state index in [9.17, 15) is 4.79 Å². The number of anilines is 1. The minimum Gasteiger partial charge on any atom is -0.497 e. The third-order valence-electron chi connectivity index (χ3n) is 3.55. The molecule has 1 atom stereocenters. The van der Waals surface area contributed by atoms with Gasteiger partial charge in [-0.2, -0.15) is 0 Å². The van der Waals surface area contributed by atoms with Crippen molar-refractivity contribution in [1.29, 1.82) is 0 Å². The second-order valence-electron chi connectivity index (χ2n) is 4.79. The number of carbonyl (C=O) groups is 1. The number of hydrogen-bond acceptors (Lipinski definition) is 3. The minimum atomic E-state index is -0.0348. The molecule has 1 unspecified atom stereocenters. The average molecular weight is 266 g/mol. The van der Waals surface area contributed by atoms with Crippen LogP contribution in [0.3, 0.4) is 0 Å². The fraction of sp³-hybridized carbons (Fsp3) is 0.250. The Kier molecular flexibility index (Phi) is 3.03. The summed E-state index contributed by atoms with van der Waals surface area (Å²) in [6.07, 6.45) is 7.55. The first kappa shape index (κ1) is 12.5. The van der Waals surface area contributed by atoms with Crippen LogP contribution in [-0.4, -0.2) is 24.5 Å². The van der Waals surface area contributed by atoms with Crippen LogP contribution in [0.2, 0.25) is 0 Å². The Morgan fingerprint density at radius 3 is 3.05 bits per heavy atom. The van der Waals surface area contributed by atoms with Crippen molar-refractivity contribution in [2.45, 2.75) is 6.42 Å². The number of amides is 1. The molecule has 4 nitrogen and oxygen atoms in total. The molecular weight excluding hydrogens is 252 g/mol. The Bertz CT molecular complexity index is 718. The van der Waals surface area contributed by atoms with Gasteiger partial charge in [-0.15, -0.1) is 12.3 Å². The van der Waals surface area contributed by atoms with Gasteiger partial charge in [0.15, 0.2) is 0 Å². The van der Waals surface area contributed by atoms with Gasteiger partial charge in [-0.3, -0.25) is 9.78 Å². The maximum absolute atomic E-state index is 12.1. The molecular formula is C16H14N2O2. The molecule has 0 N–H and O–H groups in total. The van der Waals surface area contributed by atoms with Crippen LogP contribution in [0.15, 0.2) is 30.5 Å². The first-order valence-corrected chi connectivity index (χ1v) is 6.42. The van der Waals surface area contributed by atoms with Gasteiger partial charge in [0.1, 0.15) is 5.75 Å². The Labute approximate surface area is 117 Å². The predicted octanol–water partition coefficient (Wildman–Crippen LogP) is 2.23. The molecule has 0 spiro atoms. The summed E-state index contributed by atoms with van der Waals surface area (Å²) < 4.78 is 5.30. The third kappa shape index (κ3) is 1.97. The van der Waals surface area contributed by atoms with Crippen LogP contribution >= 0.6 is 0 Å². The van der Waals surface area contributed by atoms with Crippen molar-refractivity contribution in [2.75, 3.05) is 18.6 Å². The highest BCUT2D eigenvalue weighted by atomic mass is 16.5. The lowest BCUT2D eigenvalue weighted by Gasteiger charge is -2.18. The number of rotatable bonds is 2. The number of aromatic nitrogens is 1. The monoisotopic (exact) mass is 266 g/mol. The lowest BCUT2D eigenvalue weighted by Crippen LogP contribution is -2.24. The maximum Gasteiger partial charge on any atom is 0.228 e. The van der Waals surface area contributed by atoms with E-state index in [0.29, 0.717) is 18.7 Å². The van der Waals surface area contributed by atoms with Gasteiger partial charge < -0.3 is 9.64 Å². The number of pyridine rings is 1. The molecule has 1 amide bonds. The number of fused-ring (bicyclic) bond motifs is 1. The summed E-state index contributed by atoms with van der Waals surface area (Å²) in [5.41, 5.74) is 1.56. The van der Waals surface area contributed by atoms with E-state index in [4.69, 9.17) is 11.2 Å². The van der Waals surface area contributed by atoms with Crippen molar-refractivity contribution in [1.82, 2.24) is 4.98 Å². The summed E-state index contributed by atoms with van der Waals surface area (Å²) in [5, 5.41) is 0.943. The zero-order chi connectivity index (χ0) is 14.1. The van der Waals surface area contributed by atoms with E-state index in [1.165, 1.54) is 0 Å². The zero-order valence-corrected chi connectivity index (χ0v) is 11.2. The third-order valence-corrected chi connectivity index (χ3v) is 3.55. The van der Waals surface area contributed by atoms with Crippen LogP contribution in [-0.2, 0) is 4.79 Å². The van der Waals surface area contributed by atoms with Crippen molar-refractivity contribution >= 4 is 22.5 Å². The standard InChI is InChI=1S/C16H14N2O2/c1-3-11-7-15(19)18(10-11)14-9-13(20-2)8-12-5-4-6-17-16(12)14/h1,4-6,8-9,11H,7,10H2,2H3. The maximum atomic E-state index is 12.1. The normalized spacial score (nSPS) is 18.3. The lowest BCUT2D eigenvalue weighted by molar-refractivity contribution is -0.117. The van der Waals surface area contributed by atoms with Gasteiger partial charge in [0, 0.05) is 36.5 Å². The molecule has 1 saturated heterocycles. The van der Waals surface area contributed by atoms with Crippen LogP contribution in [0.4, 0.5) is 5.69 Å². The smallest absolute Gasteiger partial charge is 0.228 e. The topological polar surface area (TPSA) is 42.4 Å². The Morgan fingerprint density at radius 1 is 1.50 bits per heavy atom. The van der Waals surface area contributed by atoms with Crippen LogP contribution in [0.25, 0.3) is 10.9 Å². The quantitative estimate of drug-likeness (QED) is 0.783. The molecule has 1 aliphatic heterocycles. The van der Waals surface area contributed by atoms with Crippen molar-refractivity contribution in [3.63, 3.8) is 0 Å². The first-order valence-electron chi connectivity index (χ1n) is 6.42. The number of terminal acetylenes is 1. The number of carbonyl (C=O) groups excluding carboxylic acids is 1. The number of nitrogens with zero attached hydrogens (tertiary/aromatic N) is 2. The van der Waals surface area contributed by atoms with Gasteiger partial charge in [-0.1, -0.05) is 6.07 Å². The SMILES string of the molecule is C#CC1CC(=O)N(c2cc(OC)cc3cccnc23)C1. The van der Waals surface area contributed by atoms with E-state index < -0.39 is 0 Å². The van der Waals surface area contributed by atoms with Crippen molar-refractivity contribution < 1.29 is 9.53 Å². The van der Waals surface area contributed by atoms with Crippen LogP contribution in [0.1, 0.15) is 6.42 Å². The highest BCUT2D eigenvalue weighted by Gasteiger charge is 2.30. The van der Waals surface area contributed by atoms with Crippen molar-refractivity contribution in [3.05, 3.63) is 30.5 Å². The summed E-state index contributed by atoms with van der Waals surface area (Å²) in [5.74, 6) is 3.36. The second-order valence-corrected chi connectivity index (χ2v) is 4.79. The van der Waals surface area contributed by atoms with Crippen LogP contribution in [0.5, 0.6) is 5.75 Å². The molecule has 100 valence electrons. The summed E-state index contributed by atoms with van der Waals surface area (Å²) in [6.45, 7) is 0.536. The largest absolute Gasteiger partial charge is 0.497 e. The fourth-order valence-electron chi connectivity index (χ4n) is 2.52. The fourth-order valence-corrected chi connectivity index (χ4v) is 2.52. The molecule has 1 fully saturated rings. The summed E-state index contributed by atoms with van der Waals surface area (Å²) in [6, 6.07) is 7.56. The van der Waals surface area contributed by atoms with Crippen LogP contribution in [0, 0.1) is 18.3 Å². The van der Waals surface area contributed by atoms with E-state index >= 15 is 0 Å². The molecule has 4 heteroatoms. The van der Waals surface area contributed by atoms with E-state index in [0.717, 1.165) is 16.6 Å². The Hall–Kier alpha value is -2.54. The Balaban J connectivity index is 2.15. The van der Waals surface area contributed by atoms with Gasteiger partial charge in [0.2, 0.25) is 5.91 Å². The lowest BCUT2D eigenvalue weighted by atomic mass is 10.1. The summed E-state index contributed by atoms with van der Waals surface area (Å²) in [7, 11) is 1.61. The van der Waals surface area contributed by atoms with Gasteiger partial charge >= 0.3 is 0 Å². The highest BCUT2D eigenvalue weighted by molar-refractivity contribution is 6.04. The summed E-state index contributed by atoms with van der Waals surface area (Å²) >= 11 is 0. The number of ether oxygens (including phenoxy) is 1. The number of methoxy groups -OCH3 is 1. The number of hydrogen-bond donors (Lipinski definition) is 0. The number of benzene rings is 1. The molecule has 1 aliphatic rings. The van der Waals surface area contributed by atoms with Crippen LogP contribution < -0.4 is 9.64 Å². The average Bonchev–Trinajstić information content (AvgIpc) is 2.87. The molecule has 3 rings (SSSR count). The first-order chi connectivity index (χ1) is 9.72. The van der Waals surface area contributed by atoms with E-state index in [1.807, 2.05) is 24.3 Å². The second kappa shape index (κ2) is 4.86. The molecule has 0 aliphatic carbocycles. The van der Waals surface area contributed by atoms with Gasteiger partial charge in [-0.25, -0.2) is 0 Å². The molecule has 20 heavy (non-hydrogen) atoms. The minimum absolute atomic E-state index is 0.0348. The van der Waals surface area contributed by atoms with E-state index in [1.54, 1.807) is 18.2 Å². The molecule has 2 aromatic rings. The highest BCUT2D eigenvalue weighted by Crippen LogP contribution is 2.34. The molecule has 0 saturated carbocycles. The molecule has 0 radical (unpaired) electrons. The molecule has 1 aromatic heterocycles. The van der Waals surface area contributed by atoms with Gasteiger partial charge in [-0.05, 0) is 12.1 Å². The predicted molar refractivity (Wildman–Crippen MR) is 77.6 cm³/mol. The zero-order valence-electron chi connectivity index (χ0n) is 11.2. The van der Waals surface area contributed by atoms with Gasteiger partial charge in [0.05, 0.1) is 18.3 Å². The van der Waals surface area contributed by atoms with E-state index in [2.05, 4.69) is 10.9 Å². The van der Waals surface area contributed by atoms with Crippen molar-refractivity contribution in [2.24, 2.45) is 5.92 Å².